The summed E-state index contributed by atoms with van der Waals surface area (Å²) in [7, 11) is 3.45. The normalized spacial score (nSPS) is 25.9. The van der Waals surface area contributed by atoms with Gasteiger partial charge in [-0.05, 0) is 43.6 Å². The van der Waals surface area contributed by atoms with Crippen LogP contribution in [0.25, 0.3) is 0 Å². The summed E-state index contributed by atoms with van der Waals surface area (Å²) in [4.78, 5) is 13.6. The van der Waals surface area contributed by atoms with Crippen LogP contribution in [0.2, 0.25) is 0 Å². The van der Waals surface area contributed by atoms with E-state index in [9.17, 15) is 4.79 Å². The van der Waals surface area contributed by atoms with Crippen LogP contribution in [0.4, 0.5) is 0 Å². The van der Waals surface area contributed by atoms with E-state index in [4.69, 9.17) is 14.6 Å². The number of hydrogen-bond donors (Lipinski definition) is 1. The fraction of sp³-hybridized carbons (Fsp3) is 0.800. The van der Waals surface area contributed by atoms with Crippen molar-refractivity contribution in [3.05, 3.63) is 11.8 Å². The molecule has 114 valence electrons. The zero-order chi connectivity index (χ0) is 14.5. The Bertz CT molecular complexity index is 363. The van der Waals surface area contributed by atoms with Gasteiger partial charge in [-0.15, -0.1) is 0 Å². The molecule has 1 heterocycles. The Morgan fingerprint density at radius 1 is 1.45 bits per heavy atom. The highest BCUT2D eigenvalue weighted by atomic mass is 16.7. The Kier molecular flexibility index (Phi) is 5.43. The first kappa shape index (κ1) is 15.3. The number of aliphatic hydroxyl groups is 1. The second-order valence-corrected chi connectivity index (χ2v) is 5.82. The van der Waals surface area contributed by atoms with Crippen molar-refractivity contribution in [2.45, 2.75) is 38.4 Å². The maximum absolute atomic E-state index is 12.1. The summed E-state index contributed by atoms with van der Waals surface area (Å²) in [6.07, 6.45) is 6.50. The van der Waals surface area contributed by atoms with Crippen molar-refractivity contribution in [3.8, 4) is 0 Å². The molecule has 5 heteroatoms. The van der Waals surface area contributed by atoms with E-state index in [2.05, 4.69) is 0 Å². The number of carbonyl (C=O) groups excluding carboxylic acids is 1. The zero-order valence-corrected chi connectivity index (χ0v) is 12.4. The Morgan fingerprint density at radius 2 is 2.20 bits per heavy atom. The van der Waals surface area contributed by atoms with Gasteiger partial charge in [0.05, 0.1) is 6.61 Å². The first-order chi connectivity index (χ1) is 9.61. The molecule has 1 fully saturated rings. The number of amides is 1. The maximum atomic E-state index is 12.1. The molecule has 0 spiro atoms. The number of carbonyl (C=O) groups is 1. The fourth-order valence-corrected chi connectivity index (χ4v) is 2.44. The Balaban J connectivity index is 1.91. The zero-order valence-electron chi connectivity index (χ0n) is 12.4. The highest BCUT2D eigenvalue weighted by Crippen LogP contribution is 2.42. The van der Waals surface area contributed by atoms with E-state index in [0.29, 0.717) is 24.2 Å². The van der Waals surface area contributed by atoms with Gasteiger partial charge in [0.15, 0.2) is 5.76 Å². The average molecular weight is 283 g/mol. The monoisotopic (exact) mass is 283 g/mol. The summed E-state index contributed by atoms with van der Waals surface area (Å²) in [6.45, 7) is 0.746. The number of rotatable bonds is 7. The summed E-state index contributed by atoms with van der Waals surface area (Å²) in [5, 5.41) is 8.76. The molecule has 0 saturated heterocycles. The first-order valence-corrected chi connectivity index (χ1v) is 7.44. The van der Waals surface area contributed by atoms with E-state index >= 15 is 0 Å². The van der Waals surface area contributed by atoms with Crippen molar-refractivity contribution in [2.24, 2.45) is 11.8 Å². The first-order valence-electron chi connectivity index (χ1n) is 7.44. The molecule has 1 N–H and O–H groups in total. The van der Waals surface area contributed by atoms with Gasteiger partial charge in [0.1, 0.15) is 0 Å². The lowest BCUT2D eigenvalue weighted by molar-refractivity contribution is -0.154. The number of allylic oxidation sites excluding steroid dienone is 1. The van der Waals surface area contributed by atoms with Crippen molar-refractivity contribution in [1.82, 2.24) is 4.90 Å². The van der Waals surface area contributed by atoms with E-state index < -0.39 is 0 Å². The predicted octanol–water partition coefficient (Wildman–Crippen LogP) is 1.52. The van der Waals surface area contributed by atoms with Crippen molar-refractivity contribution in [3.63, 3.8) is 0 Å². The molecular weight excluding hydrogens is 258 g/mol. The van der Waals surface area contributed by atoms with E-state index in [1.54, 1.807) is 14.1 Å². The summed E-state index contributed by atoms with van der Waals surface area (Å²) in [5.74, 6) is 1.41. The van der Waals surface area contributed by atoms with Crippen molar-refractivity contribution in [2.75, 3.05) is 27.3 Å². The van der Waals surface area contributed by atoms with Crippen LogP contribution < -0.4 is 0 Å². The largest absolute Gasteiger partial charge is 0.459 e. The highest BCUT2D eigenvalue weighted by molar-refractivity contribution is 5.91. The molecule has 2 rings (SSSR count). The van der Waals surface area contributed by atoms with Crippen LogP contribution in [0, 0.1) is 11.8 Å². The van der Waals surface area contributed by atoms with Gasteiger partial charge in [-0.3, -0.25) is 4.79 Å². The highest BCUT2D eigenvalue weighted by Gasteiger charge is 2.37. The van der Waals surface area contributed by atoms with Crippen LogP contribution >= 0.6 is 0 Å². The number of ether oxygens (including phenoxy) is 2. The van der Waals surface area contributed by atoms with Gasteiger partial charge in [-0.25, -0.2) is 0 Å². The molecule has 20 heavy (non-hydrogen) atoms. The van der Waals surface area contributed by atoms with Crippen molar-refractivity contribution in [1.29, 1.82) is 0 Å². The van der Waals surface area contributed by atoms with Crippen LogP contribution in [0.3, 0.4) is 0 Å². The van der Waals surface area contributed by atoms with Gasteiger partial charge in [0.25, 0.3) is 5.91 Å². The number of hydrogen-bond acceptors (Lipinski definition) is 4. The Labute approximate surface area is 120 Å². The second kappa shape index (κ2) is 7.09. The van der Waals surface area contributed by atoms with Gasteiger partial charge < -0.3 is 19.5 Å². The van der Waals surface area contributed by atoms with Gasteiger partial charge in [0.2, 0.25) is 6.29 Å². The third kappa shape index (κ3) is 4.21. The molecule has 0 radical (unpaired) electrons. The predicted molar refractivity (Wildman–Crippen MR) is 74.8 cm³/mol. The summed E-state index contributed by atoms with van der Waals surface area (Å²) in [6, 6.07) is 0. The molecule has 2 aliphatic rings. The summed E-state index contributed by atoms with van der Waals surface area (Å²) >= 11 is 0. The molecule has 2 atom stereocenters. The van der Waals surface area contributed by atoms with Crippen LogP contribution in [-0.4, -0.2) is 49.5 Å². The summed E-state index contributed by atoms with van der Waals surface area (Å²) < 4.78 is 11.4. The smallest absolute Gasteiger partial charge is 0.288 e. The van der Waals surface area contributed by atoms with E-state index in [1.165, 1.54) is 17.7 Å². The third-order valence-electron chi connectivity index (χ3n) is 3.79. The molecule has 1 amide bonds. The van der Waals surface area contributed by atoms with Crippen LogP contribution in [0.5, 0.6) is 0 Å². The van der Waals surface area contributed by atoms with Crippen molar-refractivity contribution >= 4 is 5.91 Å². The molecule has 1 aliphatic carbocycles. The standard InChI is InChI=1S/C15H25NO4/c1-16(2)15(18)13-9-12(11-5-6-11)10-14(20-13)19-8-4-3-7-17/h9,11-12,14,17H,3-8,10H2,1-2H3/t12-,14+/m1/s1. The maximum Gasteiger partial charge on any atom is 0.288 e. The van der Waals surface area contributed by atoms with E-state index in [0.717, 1.165) is 19.3 Å². The van der Waals surface area contributed by atoms with Gasteiger partial charge >= 0.3 is 0 Å². The van der Waals surface area contributed by atoms with E-state index in [-0.39, 0.29) is 18.8 Å². The SMILES string of the molecule is CN(C)C(=O)C1=C[C@@H](C2CC2)C[C@@H](OCCCCO)O1. The molecular formula is C15H25NO4. The summed E-state index contributed by atoms with van der Waals surface area (Å²) in [5.41, 5.74) is 0. The lowest BCUT2D eigenvalue weighted by Gasteiger charge is -2.30. The lowest BCUT2D eigenvalue weighted by atomic mass is 9.96. The number of nitrogens with zero attached hydrogens (tertiary/aromatic N) is 1. The Hall–Kier alpha value is -1.07. The minimum Gasteiger partial charge on any atom is -0.459 e. The molecule has 5 nitrogen and oxygen atoms in total. The number of unbranched alkanes of at least 4 members (excludes halogenated alkanes) is 1. The van der Waals surface area contributed by atoms with E-state index in [1.807, 2.05) is 6.08 Å². The Morgan fingerprint density at radius 3 is 2.80 bits per heavy atom. The molecule has 1 aliphatic heterocycles. The minimum atomic E-state index is -0.330. The third-order valence-corrected chi connectivity index (χ3v) is 3.79. The number of likely N-dealkylation sites (N-methyl/N-ethyl adjacent to an activating group) is 1. The van der Waals surface area contributed by atoms with Crippen LogP contribution in [0.15, 0.2) is 11.8 Å². The van der Waals surface area contributed by atoms with Crippen LogP contribution in [0.1, 0.15) is 32.1 Å². The molecule has 0 bridgehead atoms. The minimum absolute atomic E-state index is 0.0979. The molecule has 0 unspecified atom stereocenters. The lowest BCUT2D eigenvalue weighted by Crippen LogP contribution is -2.33. The van der Waals surface area contributed by atoms with Gasteiger partial charge in [-0.2, -0.15) is 0 Å². The molecule has 0 aromatic heterocycles. The topological polar surface area (TPSA) is 59.0 Å². The molecule has 0 aromatic carbocycles. The molecule has 1 saturated carbocycles. The van der Waals surface area contributed by atoms with Crippen molar-refractivity contribution < 1.29 is 19.4 Å². The quantitative estimate of drug-likeness (QED) is 0.720. The molecule has 0 aromatic rings. The number of aliphatic hydroxyl groups excluding tert-OH is 1. The fourth-order valence-electron chi connectivity index (χ4n) is 2.44. The average Bonchev–Trinajstić information content (AvgIpc) is 3.27. The second-order valence-electron chi connectivity index (χ2n) is 5.82. The van der Waals surface area contributed by atoms with Crippen LogP contribution in [-0.2, 0) is 14.3 Å². The van der Waals surface area contributed by atoms with Gasteiger partial charge in [0, 0.05) is 27.1 Å². The van der Waals surface area contributed by atoms with Gasteiger partial charge in [-0.1, -0.05) is 0 Å².